The number of carbonyl (C=O) groups excluding carboxylic acids is 1. The van der Waals surface area contributed by atoms with E-state index in [0.29, 0.717) is 18.2 Å². The van der Waals surface area contributed by atoms with E-state index < -0.39 is 0 Å². The van der Waals surface area contributed by atoms with Gasteiger partial charge in [0.05, 0.1) is 13.2 Å². The van der Waals surface area contributed by atoms with E-state index in [1.54, 1.807) is 6.20 Å². The van der Waals surface area contributed by atoms with Crippen molar-refractivity contribution in [3.63, 3.8) is 0 Å². The lowest BCUT2D eigenvalue weighted by Crippen LogP contribution is -2.43. The lowest BCUT2D eigenvalue weighted by molar-refractivity contribution is -0.133. The van der Waals surface area contributed by atoms with Crippen molar-refractivity contribution in [2.24, 2.45) is 5.92 Å². The van der Waals surface area contributed by atoms with Crippen molar-refractivity contribution in [1.29, 1.82) is 0 Å². The van der Waals surface area contributed by atoms with Crippen LogP contribution >= 0.6 is 0 Å². The summed E-state index contributed by atoms with van der Waals surface area (Å²) < 4.78 is 5.34. The van der Waals surface area contributed by atoms with Crippen LogP contribution in [0.1, 0.15) is 25.0 Å². The second-order valence-electron chi connectivity index (χ2n) is 6.34. The summed E-state index contributed by atoms with van der Waals surface area (Å²) in [5.41, 5.74) is 1.17. The van der Waals surface area contributed by atoms with Gasteiger partial charge in [0, 0.05) is 51.0 Å². The molecule has 0 radical (unpaired) electrons. The maximum Gasteiger partial charge on any atom is 0.223 e. The summed E-state index contributed by atoms with van der Waals surface area (Å²) in [6.07, 6.45) is 5.74. The Bertz CT molecular complexity index is 457. The molecule has 122 valence electrons. The van der Waals surface area contributed by atoms with Gasteiger partial charge in [0.15, 0.2) is 0 Å². The summed E-state index contributed by atoms with van der Waals surface area (Å²) in [4.78, 5) is 16.8. The molecule has 0 aliphatic carbocycles. The van der Waals surface area contributed by atoms with E-state index in [9.17, 15) is 4.79 Å². The minimum atomic E-state index is 0.306. The summed E-state index contributed by atoms with van der Waals surface area (Å²) in [6, 6.07) is 2.03. The second kappa shape index (κ2) is 7.74. The first-order valence-corrected chi connectivity index (χ1v) is 8.37. The molecule has 0 bridgehead atoms. The molecule has 2 aliphatic rings. The zero-order valence-electron chi connectivity index (χ0n) is 13.2. The van der Waals surface area contributed by atoms with Crippen molar-refractivity contribution in [2.75, 3.05) is 45.9 Å². The maximum atomic E-state index is 12.4. The molecule has 0 unspecified atom stereocenters. The highest BCUT2D eigenvalue weighted by atomic mass is 16.5. The molecule has 1 aromatic rings. The van der Waals surface area contributed by atoms with Gasteiger partial charge < -0.3 is 9.64 Å². The summed E-state index contributed by atoms with van der Waals surface area (Å²) in [5, 5.41) is 7.03. The third kappa shape index (κ3) is 4.30. The van der Waals surface area contributed by atoms with E-state index in [2.05, 4.69) is 20.0 Å². The molecule has 1 N–H and O–H groups in total. The van der Waals surface area contributed by atoms with Crippen molar-refractivity contribution in [3.8, 4) is 0 Å². The number of hydrogen-bond acceptors (Lipinski definition) is 4. The number of likely N-dealkylation sites (tertiary alicyclic amines) is 1. The minimum absolute atomic E-state index is 0.306. The molecule has 3 rings (SSSR count). The summed E-state index contributed by atoms with van der Waals surface area (Å²) >= 11 is 0. The van der Waals surface area contributed by atoms with Crippen LogP contribution < -0.4 is 0 Å². The van der Waals surface area contributed by atoms with Gasteiger partial charge >= 0.3 is 0 Å². The number of carbonyl (C=O) groups is 1. The molecule has 1 atom stereocenters. The zero-order valence-corrected chi connectivity index (χ0v) is 13.2. The number of aromatic nitrogens is 2. The molecule has 6 heteroatoms. The third-order valence-corrected chi connectivity index (χ3v) is 4.68. The van der Waals surface area contributed by atoms with Gasteiger partial charge in [0.2, 0.25) is 5.91 Å². The van der Waals surface area contributed by atoms with Gasteiger partial charge in [0.25, 0.3) is 0 Å². The molecule has 1 aromatic heterocycles. The Kier molecular flexibility index (Phi) is 5.45. The Morgan fingerprint density at radius 1 is 1.36 bits per heavy atom. The fourth-order valence-corrected chi connectivity index (χ4v) is 3.40. The van der Waals surface area contributed by atoms with Crippen LogP contribution in [-0.4, -0.2) is 71.8 Å². The zero-order chi connectivity index (χ0) is 15.2. The molecule has 0 spiro atoms. The predicted molar refractivity (Wildman–Crippen MR) is 83.5 cm³/mol. The Balaban J connectivity index is 1.43. The number of H-pyrrole nitrogens is 1. The van der Waals surface area contributed by atoms with Crippen LogP contribution in [0.25, 0.3) is 0 Å². The highest BCUT2D eigenvalue weighted by Crippen LogP contribution is 2.20. The Morgan fingerprint density at radius 2 is 2.23 bits per heavy atom. The molecule has 2 fully saturated rings. The van der Waals surface area contributed by atoms with Gasteiger partial charge in [-0.15, -0.1) is 0 Å². The van der Waals surface area contributed by atoms with Gasteiger partial charge in [-0.1, -0.05) is 0 Å². The van der Waals surface area contributed by atoms with Crippen molar-refractivity contribution in [1.82, 2.24) is 20.0 Å². The predicted octanol–water partition coefficient (Wildman–Crippen LogP) is 0.913. The quantitative estimate of drug-likeness (QED) is 0.878. The van der Waals surface area contributed by atoms with E-state index in [-0.39, 0.29) is 0 Å². The lowest BCUT2D eigenvalue weighted by atomic mass is 9.93. The molecule has 22 heavy (non-hydrogen) atoms. The van der Waals surface area contributed by atoms with Crippen molar-refractivity contribution in [2.45, 2.75) is 25.7 Å². The second-order valence-corrected chi connectivity index (χ2v) is 6.34. The van der Waals surface area contributed by atoms with E-state index in [1.165, 1.54) is 12.1 Å². The summed E-state index contributed by atoms with van der Waals surface area (Å²) in [5.74, 6) is 0.863. The highest BCUT2D eigenvalue weighted by Gasteiger charge is 2.24. The van der Waals surface area contributed by atoms with Crippen LogP contribution in [0.5, 0.6) is 0 Å². The molecule has 6 nitrogen and oxygen atoms in total. The number of nitrogens with zero attached hydrogens (tertiary/aromatic N) is 3. The molecule has 1 amide bonds. The molecule has 0 saturated carbocycles. The van der Waals surface area contributed by atoms with Gasteiger partial charge in [-0.2, -0.15) is 5.10 Å². The average Bonchev–Trinajstić information content (AvgIpc) is 3.07. The number of morpholine rings is 1. The van der Waals surface area contributed by atoms with Gasteiger partial charge in [-0.3, -0.25) is 14.8 Å². The molecular formula is C16H26N4O2. The van der Waals surface area contributed by atoms with Crippen LogP contribution in [0, 0.1) is 5.92 Å². The van der Waals surface area contributed by atoms with Gasteiger partial charge in [-0.05, 0) is 31.2 Å². The van der Waals surface area contributed by atoms with Crippen LogP contribution in [0.15, 0.2) is 12.3 Å². The van der Waals surface area contributed by atoms with Crippen molar-refractivity contribution >= 4 is 5.91 Å². The van der Waals surface area contributed by atoms with Crippen LogP contribution in [0.4, 0.5) is 0 Å². The monoisotopic (exact) mass is 306 g/mol. The van der Waals surface area contributed by atoms with E-state index >= 15 is 0 Å². The maximum absolute atomic E-state index is 12.4. The first-order valence-electron chi connectivity index (χ1n) is 8.37. The Labute approximate surface area is 131 Å². The number of amides is 1. The number of piperidine rings is 1. The average molecular weight is 306 g/mol. The molecule has 3 heterocycles. The fourth-order valence-electron chi connectivity index (χ4n) is 3.40. The van der Waals surface area contributed by atoms with Gasteiger partial charge in [0.1, 0.15) is 0 Å². The van der Waals surface area contributed by atoms with Crippen LogP contribution in [-0.2, 0) is 16.0 Å². The first-order chi connectivity index (χ1) is 10.8. The number of hydrogen-bond donors (Lipinski definition) is 1. The summed E-state index contributed by atoms with van der Waals surface area (Å²) in [7, 11) is 0. The molecule has 2 saturated heterocycles. The standard InChI is InChI=1S/C16H26N4O2/c21-16(4-7-19-8-10-22-11-9-19)20-6-1-2-14(13-20)12-15-3-5-17-18-15/h3,5,14H,1-2,4,6-13H2,(H,17,18)/t14-/m1/s1. The molecule has 0 aromatic carbocycles. The number of nitrogens with one attached hydrogen (secondary N) is 1. The topological polar surface area (TPSA) is 61.5 Å². The summed E-state index contributed by atoms with van der Waals surface area (Å²) in [6.45, 7) is 6.17. The number of rotatable bonds is 5. The van der Waals surface area contributed by atoms with Crippen LogP contribution in [0.3, 0.4) is 0 Å². The third-order valence-electron chi connectivity index (χ3n) is 4.68. The minimum Gasteiger partial charge on any atom is -0.379 e. The SMILES string of the molecule is O=C(CCN1CCOCC1)N1CCC[C@H](Cc2ccn[nH]2)C1. The van der Waals surface area contributed by atoms with Gasteiger partial charge in [-0.25, -0.2) is 0 Å². The lowest BCUT2D eigenvalue weighted by Gasteiger charge is -2.33. The molecule has 2 aliphatic heterocycles. The number of ether oxygens (including phenoxy) is 1. The normalized spacial score (nSPS) is 23.6. The Hall–Kier alpha value is -1.40. The fraction of sp³-hybridized carbons (Fsp3) is 0.750. The van der Waals surface area contributed by atoms with E-state index in [1.807, 2.05) is 6.07 Å². The number of aromatic amines is 1. The van der Waals surface area contributed by atoms with E-state index in [4.69, 9.17) is 4.74 Å². The smallest absolute Gasteiger partial charge is 0.223 e. The Morgan fingerprint density at radius 3 is 3.00 bits per heavy atom. The first kappa shape index (κ1) is 15.5. The van der Waals surface area contributed by atoms with Crippen LogP contribution in [0.2, 0.25) is 0 Å². The highest BCUT2D eigenvalue weighted by molar-refractivity contribution is 5.76. The largest absolute Gasteiger partial charge is 0.379 e. The van der Waals surface area contributed by atoms with Crippen molar-refractivity contribution in [3.05, 3.63) is 18.0 Å². The van der Waals surface area contributed by atoms with Crippen molar-refractivity contribution < 1.29 is 9.53 Å². The van der Waals surface area contributed by atoms with E-state index in [0.717, 1.165) is 58.8 Å². The molecular weight excluding hydrogens is 280 g/mol.